The molecule has 0 aromatic heterocycles. The lowest BCUT2D eigenvalue weighted by molar-refractivity contribution is 0.0568. The van der Waals surface area contributed by atoms with E-state index < -0.39 is 0 Å². The van der Waals surface area contributed by atoms with Crippen molar-refractivity contribution in [1.29, 1.82) is 0 Å². The molecule has 0 bridgehead atoms. The van der Waals surface area contributed by atoms with Crippen LogP contribution in [0.5, 0.6) is 0 Å². The highest BCUT2D eigenvalue weighted by atomic mass is 15.5. The standard InChI is InChI=1S/C9H20N2/c1-8(2)7-10(5)9(3,4)11(8)6/h7H2,1-6H3. The van der Waals surface area contributed by atoms with E-state index >= 15 is 0 Å². The molecule has 1 saturated heterocycles. The molecule has 1 aliphatic heterocycles. The molecule has 0 aromatic rings. The molecule has 11 heavy (non-hydrogen) atoms. The largest absolute Gasteiger partial charge is 0.287 e. The van der Waals surface area contributed by atoms with Gasteiger partial charge in [0.15, 0.2) is 0 Å². The molecule has 0 atom stereocenters. The van der Waals surface area contributed by atoms with Crippen LogP contribution in [0.4, 0.5) is 0 Å². The molecule has 0 aliphatic carbocycles. The third-order valence-corrected chi connectivity index (χ3v) is 3.29. The van der Waals surface area contributed by atoms with Gasteiger partial charge in [-0.05, 0) is 41.8 Å². The van der Waals surface area contributed by atoms with Crippen LogP contribution < -0.4 is 0 Å². The summed E-state index contributed by atoms with van der Waals surface area (Å²) in [5, 5.41) is 0. The van der Waals surface area contributed by atoms with Crippen molar-refractivity contribution in [1.82, 2.24) is 9.80 Å². The van der Waals surface area contributed by atoms with Gasteiger partial charge in [-0.15, -0.1) is 0 Å². The van der Waals surface area contributed by atoms with Crippen LogP contribution in [0.2, 0.25) is 0 Å². The molecule has 0 spiro atoms. The van der Waals surface area contributed by atoms with Gasteiger partial charge >= 0.3 is 0 Å². The summed E-state index contributed by atoms with van der Waals surface area (Å²) in [6, 6.07) is 0. The Hall–Kier alpha value is -0.0800. The molecule has 0 N–H and O–H groups in total. The van der Waals surface area contributed by atoms with E-state index in [-0.39, 0.29) is 5.66 Å². The van der Waals surface area contributed by atoms with Gasteiger partial charge < -0.3 is 0 Å². The Kier molecular flexibility index (Phi) is 1.81. The average Bonchev–Trinajstić information content (AvgIpc) is 1.94. The lowest BCUT2D eigenvalue weighted by Crippen LogP contribution is -2.48. The molecule has 0 radical (unpaired) electrons. The fourth-order valence-electron chi connectivity index (χ4n) is 1.88. The molecule has 1 rings (SSSR count). The van der Waals surface area contributed by atoms with Crippen LogP contribution in [0, 0.1) is 0 Å². The van der Waals surface area contributed by atoms with Crippen molar-refractivity contribution in [3.8, 4) is 0 Å². The van der Waals surface area contributed by atoms with E-state index in [4.69, 9.17) is 0 Å². The van der Waals surface area contributed by atoms with Crippen LogP contribution in [-0.2, 0) is 0 Å². The summed E-state index contributed by atoms with van der Waals surface area (Å²) in [7, 11) is 4.38. The molecule has 2 nitrogen and oxygen atoms in total. The second-order valence-electron chi connectivity index (χ2n) is 4.72. The van der Waals surface area contributed by atoms with Crippen molar-refractivity contribution in [2.24, 2.45) is 0 Å². The Morgan fingerprint density at radius 2 is 1.45 bits per heavy atom. The van der Waals surface area contributed by atoms with Crippen molar-refractivity contribution < 1.29 is 0 Å². The fourth-order valence-corrected chi connectivity index (χ4v) is 1.88. The highest BCUT2D eigenvalue weighted by Crippen LogP contribution is 2.33. The minimum Gasteiger partial charge on any atom is -0.287 e. The van der Waals surface area contributed by atoms with Crippen LogP contribution in [0.25, 0.3) is 0 Å². The number of hydrogen-bond acceptors (Lipinski definition) is 2. The maximum atomic E-state index is 2.43. The van der Waals surface area contributed by atoms with E-state index in [1.165, 1.54) is 0 Å². The van der Waals surface area contributed by atoms with Crippen LogP contribution in [-0.4, -0.2) is 41.6 Å². The number of hydrogen-bond donors (Lipinski definition) is 0. The van der Waals surface area contributed by atoms with Crippen molar-refractivity contribution >= 4 is 0 Å². The van der Waals surface area contributed by atoms with Gasteiger partial charge in [0.05, 0.1) is 5.66 Å². The molecule has 0 aromatic carbocycles. The molecule has 1 heterocycles. The Bertz CT molecular complexity index is 161. The lowest BCUT2D eigenvalue weighted by atomic mass is 10.1. The van der Waals surface area contributed by atoms with Crippen LogP contribution in [0.1, 0.15) is 27.7 Å². The zero-order valence-corrected chi connectivity index (χ0v) is 8.60. The first-order valence-corrected chi connectivity index (χ1v) is 4.24. The first kappa shape index (κ1) is 9.01. The summed E-state index contributed by atoms with van der Waals surface area (Å²) in [5.41, 5.74) is 0.530. The summed E-state index contributed by atoms with van der Waals surface area (Å²) < 4.78 is 0. The average molecular weight is 156 g/mol. The second kappa shape index (κ2) is 2.20. The van der Waals surface area contributed by atoms with Crippen molar-refractivity contribution in [2.75, 3.05) is 20.6 Å². The number of nitrogens with zero attached hydrogens (tertiary/aromatic N) is 2. The first-order valence-electron chi connectivity index (χ1n) is 4.24. The zero-order valence-electron chi connectivity index (χ0n) is 8.60. The van der Waals surface area contributed by atoms with E-state index in [9.17, 15) is 0 Å². The summed E-state index contributed by atoms with van der Waals surface area (Å²) in [6.07, 6.45) is 0. The number of rotatable bonds is 0. The minimum absolute atomic E-state index is 0.212. The molecule has 0 unspecified atom stereocenters. The van der Waals surface area contributed by atoms with E-state index in [0.29, 0.717) is 5.54 Å². The van der Waals surface area contributed by atoms with Gasteiger partial charge in [-0.2, -0.15) is 0 Å². The van der Waals surface area contributed by atoms with Gasteiger partial charge in [-0.1, -0.05) is 0 Å². The highest BCUT2D eigenvalue weighted by Gasteiger charge is 2.45. The second-order valence-corrected chi connectivity index (χ2v) is 4.72. The van der Waals surface area contributed by atoms with Crippen molar-refractivity contribution in [3.05, 3.63) is 0 Å². The Labute approximate surface area is 70.2 Å². The normalized spacial score (nSPS) is 31.1. The fraction of sp³-hybridized carbons (Fsp3) is 1.00. The molecule has 1 aliphatic rings. The third-order valence-electron chi connectivity index (χ3n) is 3.29. The molecule has 1 fully saturated rings. The summed E-state index contributed by atoms with van der Waals surface area (Å²) in [6.45, 7) is 10.3. The quantitative estimate of drug-likeness (QED) is 0.523. The smallest absolute Gasteiger partial charge is 0.0680 e. The van der Waals surface area contributed by atoms with Crippen LogP contribution >= 0.6 is 0 Å². The maximum Gasteiger partial charge on any atom is 0.0680 e. The maximum absolute atomic E-state index is 2.43. The minimum atomic E-state index is 0.212. The predicted molar refractivity (Wildman–Crippen MR) is 48.6 cm³/mol. The monoisotopic (exact) mass is 156 g/mol. The zero-order chi connectivity index (χ0) is 8.86. The van der Waals surface area contributed by atoms with Crippen LogP contribution in [0.15, 0.2) is 0 Å². The predicted octanol–water partition coefficient (Wildman–Crippen LogP) is 1.38. The van der Waals surface area contributed by atoms with Gasteiger partial charge in [0, 0.05) is 12.1 Å². The summed E-state index contributed by atoms with van der Waals surface area (Å²) in [4.78, 5) is 4.83. The lowest BCUT2D eigenvalue weighted by Gasteiger charge is -2.37. The molecule has 0 saturated carbocycles. The number of likely N-dealkylation sites (N-methyl/N-ethyl adjacent to an activating group) is 2. The molecular weight excluding hydrogens is 136 g/mol. The Morgan fingerprint density at radius 3 is 1.55 bits per heavy atom. The summed E-state index contributed by atoms with van der Waals surface area (Å²) in [5.74, 6) is 0. The molecule has 0 amide bonds. The summed E-state index contributed by atoms with van der Waals surface area (Å²) >= 11 is 0. The Balaban J connectivity index is 2.89. The van der Waals surface area contributed by atoms with E-state index in [1.807, 2.05) is 0 Å². The van der Waals surface area contributed by atoms with E-state index in [0.717, 1.165) is 6.54 Å². The van der Waals surface area contributed by atoms with Crippen molar-refractivity contribution in [3.63, 3.8) is 0 Å². The van der Waals surface area contributed by atoms with Gasteiger partial charge in [0.1, 0.15) is 0 Å². The molecular formula is C9H20N2. The highest BCUT2D eigenvalue weighted by molar-refractivity contribution is 4.98. The third kappa shape index (κ3) is 1.18. The van der Waals surface area contributed by atoms with Gasteiger partial charge in [0.25, 0.3) is 0 Å². The van der Waals surface area contributed by atoms with E-state index in [2.05, 4.69) is 51.6 Å². The van der Waals surface area contributed by atoms with Gasteiger partial charge in [-0.25, -0.2) is 0 Å². The SMILES string of the molecule is CN1CC(C)(C)N(C)C1(C)C. The Morgan fingerprint density at radius 1 is 1.00 bits per heavy atom. The van der Waals surface area contributed by atoms with Crippen molar-refractivity contribution in [2.45, 2.75) is 38.9 Å². The first-order chi connectivity index (χ1) is 4.78. The topological polar surface area (TPSA) is 6.48 Å². The molecule has 66 valence electrons. The van der Waals surface area contributed by atoms with Gasteiger partial charge in [-0.3, -0.25) is 9.80 Å². The van der Waals surface area contributed by atoms with E-state index in [1.54, 1.807) is 0 Å². The van der Waals surface area contributed by atoms with Gasteiger partial charge in [0.2, 0.25) is 0 Å². The molecule has 2 heteroatoms. The van der Waals surface area contributed by atoms with Crippen LogP contribution in [0.3, 0.4) is 0 Å².